The molecule has 2 N–H and O–H groups in total. The molecule has 2 aromatic rings. The highest BCUT2D eigenvalue weighted by atomic mass is 32.1. The normalized spacial score (nSPS) is 11.7. The van der Waals surface area contributed by atoms with Gasteiger partial charge in [0.25, 0.3) is 0 Å². The second kappa shape index (κ2) is 7.93. The molecule has 7 heteroatoms. The SMILES string of the molecule is CCc1noc(CC)c1CNC(=NC)NCc1ncc(C)s1. The number of hydrogen-bond donors (Lipinski definition) is 2. The van der Waals surface area contributed by atoms with Crippen molar-refractivity contribution in [3.8, 4) is 0 Å². The summed E-state index contributed by atoms with van der Waals surface area (Å²) in [6, 6.07) is 0. The largest absolute Gasteiger partial charge is 0.361 e. The second-order valence-corrected chi connectivity index (χ2v) is 6.20. The third kappa shape index (κ3) is 4.07. The molecule has 0 spiro atoms. The minimum atomic E-state index is 0.659. The first-order valence-electron chi connectivity index (χ1n) is 7.50. The van der Waals surface area contributed by atoms with Crippen molar-refractivity contribution < 1.29 is 4.52 Å². The van der Waals surface area contributed by atoms with Crippen LogP contribution in [0.3, 0.4) is 0 Å². The zero-order valence-electron chi connectivity index (χ0n) is 13.6. The van der Waals surface area contributed by atoms with Crippen molar-refractivity contribution in [1.29, 1.82) is 0 Å². The average Bonchev–Trinajstić information content (AvgIpc) is 3.13. The summed E-state index contributed by atoms with van der Waals surface area (Å²) < 4.78 is 5.38. The molecule has 0 radical (unpaired) electrons. The summed E-state index contributed by atoms with van der Waals surface area (Å²) >= 11 is 1.69. The molecule has 6 nitrogen and oxygen atoms in total. The van der Waals surface area contributed by atoms with Gasteiger partial charge in [0.05, 0.1) is 12.2 Å². The smallest absolute Gasteiger partial charge is 0.191 e. The number of rotatable bonds is 6. The molecular weight excluding hydrogens is 298 g/mol. The molecule has 0 fully saturated rings. The summed E-state index contributed by atoms with van der Waals surface area (Å²) in [4.78, 5) is 9.79. The lowest BCUT2D eigenvalue weighted by Crippen LogP contribution is -2.36. The van der Waals surface area contributed by atoms with Crippen LogP contribution in [-0.2, 0) is 25.9 Å². The molecule has 0 saturated heterocycles. The summed E-state index contributed by atoms with van der Waals surface area (Å²) in [5.41, 5.74) is 2.15. The molecule has 0 aromatic carbocycles. The van der Waals surface area contributed by atoms with E-state index in [-0.39, 0.29) is 0 Å². The van der Waals surface area contributed by atoms with Gasteiger partial charge in [-0.25, -0.2) is 4.98 Å². The number of thiazole rings is 1. The maximum atomic E-state index is 5.38. The predicted molar refractivity (Wildman–Crippen MR) is 89.1 cm³/mol. The van der Waals surface area contributed by atoms with Gasteiger partial charge >= 0.3 is 0 Å². The lowest BCUT2D eigenvalue weighted by Gasteiger charge is -2.11. The first kappa shape index (κ1) is 16.5. The van der Waals surface area contributed by atoms with Crippen LogP contribution in [0.15, 0.2) is 15.7 Å². The second-order valence-electron chi connectivity index (χ2n) is 4.88. The molecule has 2 heterocycles. The molecule has 22 heavy (non-hydrogen) atoms. The molecule has 0 bridgehead atoms. The van der Waals surface area contributed by atoms with Crippen LogP contribution in [0, 0.1) is 6.92 Å². The van der Waals surface area contributed by atoms with Crippen LogP contribution in [-0.4, -0.2) is 23.1 Å². The molecular formula is C15H23N5OS. The number of aliphatic imine (C=N–C) groups is 1. The van der Waals surface area contributed by atoms with E-state index in [1.54, 1.807) is 18.4 Å². The van der Waals surface area contributed by atoms with Crippen molar-refractivity contribution in [2.24, 2.45) is 4.99 Å². The Morgan fingerprint density at radius 1 is 1.27 bits per heavy atom. The molecule has 0 atom stereocenters. The zero-order valence-corrected chi connectivity index (χ0v) is 14.4. The number of aromatic nitrogens is 2. The Kier molecular flexibility index (Phi) is 5.94. The Morgan fingerprint density at radius 3 is 2.64 bits per heavy atom. The van der Waals surface area contributed by atoms with E-state index in [1.807, 2.05) is 6.20 Å². The fraction of sp³-hybridized carbons (Fsp3) is 0.533. The number of hydrogen-bond acceptors (Lipinski definition) is 5. The molecule has 2 aromatic heterocycles. The summed E-state index contributed by atoms with van der Waals surface area (Å²) in [7, 11) is 1.76. The van der Waals surface area contributed by atoms with Gasteiger partial charge in [0.2, 0.25) is 0 Å². The van der Waals surface area contributed by atoms with Gasteiger partial charge in [0.15, 0.2) is 5.96 Å². The monoisotopic (exact) mass is 321 g/mol. The Morgan fingerprint density at radius 2 is 2.05 bits per heavy atom. The fourth-order valence-electron chi connectivity index (χ4n) is 2.17. The lowest BCUT2D eigenvalue weighted by molar-refractivity contribution is 0.380. The Bertz CT molecular complexity index is 610. The highest BCUT2D eigenvalue weighted by Crippen LogP contribution is 2.15. The van der Waals surface area contributed by atoms with Gasteiger partial charge in [-0.1, -0.05) is 19.0 Å². The van der Waals surface area contributed by atoms with Crippen molar-refractivity contribution in [3.05, 3.63) is 33.1 Å². The van der Waals surface area contributed by atoms with E-state index in [4.69, 9.17) is 4.52 Å². The Hall–Kier alpha value is -1.89. The van der Waals surface area contributed by atoms with Crippen LogP contribution in [0.2, 0.25) is 0 Å². The van der Waals surface area contributed by atoms with Crippen molar-refractivity contribution in [2.45, 2.75) is 46.7 Å². The van der Waals surface area contributed by atoms with Gasteiger partial charge in [0, 0.05) is 36.7 Å². The molecule has 2 rings (SSSR count). The minimum absolute atomic E-state index is 0.659. The summed E-state index contributed by atoms with van der Waals surface area (Å²) in [5, 5.41) is 11.8. The first-order valence-corrected chi connectivity index (χ1v) is 8.31. The minimum Gasteiger partial charge on any atom is -0.361 e. The molecule has 0 saturated carbocycles. The van der Waals surface area contributed by atoms with Gasteiger partial charge in [0.1, 0.15) is 10.8 Å². The Balaban J connectivity index is 1.92. The average molecular weight is 321 g/mol. The van der Waals surface area contributed by atoms with Gasteiger partial charge in [-0.3, -0.25) is 4.99 Å². The summed E-state index contributed by atoms with van der Waals surface area (Å²) in [6.45, 7) is 7.54. The van der Waals surface area contributed by atoms with Gasteiger partial charge in [-0.2, -0.15) is 0 Å². The van der Waals surface area contributed by atoms with E-state index in [9.17, 15) is 0 Å². The Labute approximate surface area is 135 Å². The van der Waals surface area contributed by atoms with Crippen LogP contribution in [0.1, 0.15) is 40.7 Å². The third-order valence-corrected chi connectivity index (χ3v) is 4.25. The van der Waals surface area contributed by atoms with E-state index in [0.29, 0.717) is 13.1 Å². The molecule has 120 valence electrons. The van der Waals surface area contributed by atoms with Crippen molar-refractivity contribution in [3.63, 3.8) is 0 Å². The van der Waals surface area contributed by atoms with Gasteiger partial charge in [-0.05, 0) is 13.3 Å². The first-order chi connectivity index (χ1) is 10.7. The van der Waals surface area contributed by atoms with E-state index in [1.165, 1.54) is 4.88 Å². The molecule has 0 unspecified atom stereocenters. The van der Waals surface area contributed by atoms with Crippen LogP contribution in [0.25, 0.3) is 0 Å². The van der Waals surface area contributed by atoms with E-state index in [0.717, 1.165) is 40.8 Å². The van der Waals surface area contributed by atoms with Gasteiger partial charge < -0.3 is 15.2 Å². The van der Waals surface area contributed by atoms with Crippen molar-refractivity contribution in [1.82, 2.24) is 20.8 Å². The zero-order chi connectivity index (χ0) is 15.9. The van der Waals surface area contributed by atoms with Crippen molar-refractivity contribution >= 4 is 17.3 Å². The van der Waals surface area contributed by atoms with Crippen molar-refractivity contribution in [2.75, 3.05) is 7.05 Å². The van der Waals surface area contributed by atoms with Gasteiger partial charge in [-0.15, -0.1) is 11.3 Å². The third-order valence-electron chi connectivity index (χ3n) is 3.34. The molecule has 0 aliphatic carbocycles. The molecule has 0 aliphatic rings. The fourth-order valence-corrected chi connectivity index (χ4v) is 2.90. The van der Waals surface area contributed by atoms with E-state index in [2.05, 4.69) is 46.5 Å². The standard InChI is InChI=1S/C15H23N5OS/c1-5-12-11(13(6-2)21-20-12)8-18-15(16-4)19-9-14-17-7-10(3)22-14/h7H,5-6,8-9H2,1-4H3,(H2,16,18,19). The van der Waals surface area contributed by atoms with Crippen LogP contribution >= 0.6 is 11.3 Å². The molecule has 0 amide bonds. The summed E-state index contributed by atoms with van der Waals surface area (Å²) in [5.74, 6) is 1.69. The van der Waals surface area contributed by atoms with E-state index >= 15 is 0 Å². The highest BCUT2D eigenvalue weighted by molar-refractivity contribution is 7.11. The van der Waals surface area contributed by atoms with Crippen LogP contribution in [0.4, 0.5) is 0 Å². The maximum Gasteiger partial charge on any atom is 0.191 e. The number of guanidine groups is 1. The number of aryl methyl sites for hydroxylation is 3. The number of nitrogens with zero attached hydrogens (tertiary/aromatic N) is 3. The highest BCUT2D eigenvalue weighted by Gasteiger charge is 2.13. The summed E-state index contributed by atoms with van der Waals surface area (Å²) in [6.07, 6.45) is 3.59. The van der Waals surface area contributed by atoms with E-state index < -0.39 is 0 Å². The lowest BCUT2D eigenvalue weighted by atomic mass is 10.1. The van der Waals surface area contributed by atoms with Crippen LogP contribution < -0.4 is 10.6 Å². The van der Waals surface area contributed by atoms with Crippen LogP contribution in [0.5, 0.6) is 0 Å². The number of nitrogens with one attached hydrogen (secondary N) is 2. The topological polar surface area (TPSA) is 75.3 Å². The molecule has 0 aliphatic heterocycles. The maximum absolute atomic E-state index is 5.38. The predicted octanol–water partition coefficient (Wildman–Crippen LogP) is 2.43. The quantitative estimate of drug-likeness (QED) is 0.631.